The van der Waals surface area contributed by atoms with E-state index in [4.69, 9.17) is 0 Å². The van der Waals surface area contributed by atoms with Crippen LogP contribution in [-0.4, -0.2) is 17.7 Å². The van der Waals surface area contributed by atoms with Crippen molar-refractivity contribution >= 4 is 11.7 Å². The van der Waals surface area contributed by atoms with Crippen LogP contribution in [0.5, 0.6) is 0 Å². The van der Waals surface area contributed by atoms with Crippen LogP contribution >= 0.6 is 0 Å². The van der Waals surface area contributed by atoms with Gasteiger partial charge >= 0.3 is 6.03 Å². The highest BCUT2D eigenvalue weighted by molar-refractivity contribution is 5.89. The summed E-state index contributed by atoms with van der Waals surface area (Å²) in [5.41, 5.74) is 0.867. The SMILES string of the molecule is Cc1ccc(NC(=O)NCC(O)c2ccccc2F)cc1F. The molecule has 0 saturated carbocycles. The van der Waals surface area contributed by atoms with Gasteiger partial charge in [-0.05, 0) is 30.7 Å². The largest absolute Gasteiger partial charge is 0.386 e. The van der Waals surface area contributed by atoms with Crippen molar-refractivity contribution in [2.24, 2.45) is 0 Å². The zero-order valence-electron chi connectivity index (χ0n) is 11.9. The van der Waals surface area contributed by atoms with Gasteiger partial charge in [-0.25, -0.2) is 13.6 Å². The van der Waals surface area contributed by atoms with Gasteiger partial charge in [-0.15, -0.1) is 0 Å². The first kappa shape index (κ1) is 15.9. The molecule has 2 rings (SSSR count). The number of rotatable bonds is 4. The van der Waals surface area contributed by atoms with Gasteiger partial charge in [0, 0.05) is 17.8 Å². The summed E-state index contributed by atoms with van der Waals surface area (Å²) in [6.45, 7) is 1.45. The molecule has 0 radical (unpaired) electrons. The van der Waals surface area contributed by atoms with E-state index in [9.17, 15) is 18.7 Å². The van der Waals surface area contributed by atoms with Crippen LogP contribution in [-0.2, 0) is 0 Å². The van der Waals surface area contributed by atoms with E-state index in [2.05, 4.69) is 10.6 Å². The Balaban J connectivity index is 1.90. The molecule has 1 unspecified atom stereocenters. The molecule has 2 aromatic carbocycles. The van der Waals surface area contributed by atoms with Gasteiger partial charge in [0.25, 0.3) is 0 Å². The summed E-state index contributed by atoms with van der Waals surface area (Å²) >= 11 is 0. The number of amides is 2. The molecule has 0 saturated heterocycles. The maximum absolute atomic E-state index is 13.5. The number of anilines is 1. The van der Waals surface area contributed by atoms with E-state index in [1.807, 2.05) is 0 Å². The topological polar surface area (TPSA) is 61.4 Å². The summed E-state index contributed by atoms with van der Waals surface area (Å²) in [6, 6.07) is 9.46. The van der Waals surface area contributed by atoms with E-state index in [0.717, 1.165) is 0 Å². The Bertz CT molecular complexity index is 677. The predicted octanol–water partition coefficient (Wildman–Crippen LogP) is 3.13. The summed E-state index contributed by atoms with van der Waals surface area (Å²) < 4.78 is 26.8. The van der Waals surface area contributed by atoms with Crippen molar-refractivity contribution in [1.29, 1.82) is 0 Å². The lowest BCUT2D eigenvalue weighted by molar-refractivity contribution is 0.170. The monoisotopic (exact) mass is 306 g/mol. The number of aliphatic hydroxyl groups excluding tert-OH is 1. The van der Waals surface area contributed by atoms with Gasteiger partial charge in [0.05, 0.1) is 6.10 Å². The van der Waals surface area contributed by atoms with Crippen LogP contribution in [0.25, 0.3) is 0 Å². The third-order valence-electron chi connectivity index (χ3n) is 3.15. The van der Waals surface area contributed by atoms with Crippen molar-refractivity contribution < 1.29 is 18.7 Å². The third kappa shape index (κ3) is 4.02. The summed E-state index contributed by atoms with van der Waals surface area (Å²) in [5, 5.41) is 14.7. The van der Waals surface area contributed by atoms with E-state index in [0.29, 0.717) is 11.3 Å². The van der Waals surface area contributed by atoms with Crippen LogP contribution in [0.4, 0.5) is 19.3 Å². The number of nitrogens with one attached hydrogen (secondary N) is 2. The molecule has 0 aliphatic heterocycles. The Morgan fingerprint density at radius 1 is 1.18 bits per heavy atom. The molecule has 3 N–H and O–H groups in total. The number of halogens is 2. The summed E-state index contributed by atoms with van der Waals surface area (Å²) in [4.78, 5) is 11.7. The number of hydrogen-bond donors (Lipinski definition) is 3. The number of aliphatic hydroxyl groups is 1. The van der Waals surface area contributed by atoms with Gasteiger partial charge < -0.3 is 15.7 Å². The minimum atomic E-state index is -1.17. The number of urea groups is 1. The van der Waals surface area contributed by atoms with E-state index in [1.165, 1.54) is 24.3 Å². The molecular formula is C16H16F2N2O2. The lowest BCUT2D eigenvalue weighted by Gasteiger charge is -2.13. The lowest BCUT2D eigenvalue weighted by atomic mass is 10.1. The van der Waals surface area contributed by atoms with Crippen molar-refractivity contribution in [3.63, 3.8) is 0 Å². The Morgan fingerprint density at radius 2 is 1.91 bits per heavy atom. The molecule has 0 spiro atoms. The number of carbonyl (C=O) groups excluding carboxylic acids is 1. The molecule has 0 fully saturated rings. The van der Waals surface area contributed by atoms with Crippen molar-refractivity contribution in [2.75, 3.05) is 11.9 Å². The number of aryl methyl sites for hydroxylation is 1. The van der Waals surface area contributed by atoms with E-state index in [-0.39, 0.29) is 12.1 Å². The second kappa shape index (κ2) is 7.00. The highest BCUT2D eigenvalue weighted by Crippen LogP contribution is 2.16. The Kier molecular flexibility index (Phi) is 5.06. The van der Waals surface area contributed by atoms with E-state index >= 15 is 0 Å². The fourth-order valence-electron chi connectivity index (χ4n) is 1.89. The molecule has 0 bridgehead atoms. The highest BCUT2D eigenvalue weighted by Gasteiger charge is 2.13. The fraction of sp³-hybridized carbons (Fsp3) is 0.188. The average Bonchev–Trinajstić information content (AvgIpc) is 2.49. The minimum absolute atomic E-state index is 0.101. The first-order chi connectivity index (χ1) is 10.5. The smallest absolute Gasteiger partial charge is 0.319 e. The van der Waals surface area contributed by atoms with Crippen LogP contribution in [0.3, 0.4) is 0 Å². The Morgan fingerprint density at radius 3 is 2.59 bits per heavy atom. The van der Waals surface area contributed by atoms with E-state index < -0.39 is 23.8 Å². The van der Waals surface area contributed by atoms with Crippen molar-refractivity contribution in [2.45, 2.75) is 13.0 Å². The molecule has 2 amide bonds. The Labute approximate surface area is 126 Å². The molecule has 0 aliphatic carbocycles. The number of hydrogen-bond acceptors (Lipinski definition) is 2. The first-order valence-corrected chi connectivity index (χ1v) is 6.71. The summed E-state index contributed by atoms with van der Waals surface area (Å²) in [6.07, 6.45) is -1.17. The van der Waals surface area contributed by atoms with Crippen LogP contribution < -0.4 is 10.6 Å². The van der Waals surface area contributed by atoms with Gasteiger partial charge in [-0.1, -0.05) is 24.3 Å². The van der Waals surface area contributed by atoms with Gasteiger partial charge in [-0.2, -0.15) is 0 Å². The second-order valence-electron chi connectivity index (χ2n) is 4.84. The van der Waals surface area contributed by atoms with Crippen LogP contribution in [0.15, 0.2) is 42.5 Å². The van der Waals surface area contributed by atoms with Crippen molar-refractivity contribution in [3.05, 3.63) is 65.2 Å². The van der Waals surface area contributed by atoms with Gasteiger partial charge in [0.1, 0.15) is 11.6 Å². The van der Waals surface area contributed by atoms with Gasteiger partial charge in [0.2, 0.25) is 0 Å². The molecule has 4 nitrogen and oxygen atoms in total. The quantitative estimate of drug-likeness (QED) is 0.812. The zero-order valence-corrected chi connectivity index (χ0v) is 11.9. The molecule has 0 aliphatic rings. The van der Waals surface area contributed by atoms with Crippen molar-refractivity contribution in [3.8, 4) is 0 Å². The molecule has 0 heterocycles. The molecule has 1 atom stereocenters. The molecule has 6 heteroatoms. The fourth-order valence-corrected chi connectivity index (χ4v) is 1.89. The van der Waals surface area contributed by atoms with Crippen LogP contribution in [0.2, 0.25) is 0 Å². The predicted molar refractivity (Wildman–Crippen MR) is 79.5 cm³/mol. The molecule has 22 heavy (non-hydrogen) atoms. The second-order valence-corrected chi connectivity index (χ2v) is 4.84. The molecular weight excluding hydrogens is 290 g/mol. The summed E-state index contributed by atoms with van der Waals surface area (Å²) in [7, 11) is 0. The van der Waals surface area contributed by atoms with Crippen molar-refractivity contribution in [1.82, 2.24) is 5.32 Å². The molecule has 116 valence electrons. The zero-order chi connectivity index (χ0) is 16.1. The molecule has 2 aromatic rings. The maximum atomic E-state index is 13.5. The third-order valence-corrected chi connectivity index (χ3v) is 3.15. The summed E-state index contributed by atoms with van der Waals surface area (Å²) in [5.74, 6) is -0.970. The van der Waals surface area contributed by atoms with Gasteiger partial charge in [-0.3, -0.25) is 0 Å². The number of benzene rings is 2. The normalized spacial score (nSPS) is 11.8. The van der Waals surface area contributed by atoms with E-state index in [1.54, 1.807) is 25.1 Å². The first-order valence-electron chi connectivity index (χ1n) is 6.71. The minimum Gasteiger partial charge on any atom is -0.386 e. The van der Waals surface area contributed by atoms with Crippen LogP contribution in [0.1, 0.15) is 17.2 Å². The highest BCUT2D eigenvalue weighted by atomic mass is 19.1. The standard InChI is InChI=1S/C16H16F2N2O2/c1-10-6-7-11(8-14(10)18)20-16(22)19-9-15(21)12-4-2-3-5-13(12)17/h2-8,15,21H,9H2,1H3,(H2,19,20,22). The Hall–Kier alpha value is -2.47. The lowest BCUT2D eigenvalue weighted by Crippen LogP contribution is -2.32. The number of carbonyl (C=O) groups is 1. The average molecular weight is 306 g/mol. The maximum Gasteiger partial charge on any atom is 0.319 e. The molecule has 0 aromatic heterocycles. The van der Waals surface area contributed by atoms with Crippen LogP contribution in [0, 0.1) is 18.6 Å². The van der Waals surface area contributed by atoms with Gasteiger partial charge in [0.15, 0.2) is 0 Å².